The molecule has 0 saturated carbocycles. The van der Waals surface area contributed by atoms with Crippen LogP contribution in [0.2, 0.25) is 0 Å². The molecule has 2 aromatic carbocycles. The SMILES string of the molecule is O=C1Cc2cn(-c3cccc(Oc4cccc(-n5cc6c(n5)-n5ccnc5C(=O)C6)c4)c3)nc2-n2ccnc21. The third kappa shape index (κ3) is 3.37. The van der Waals surface area contributed by atoms with E-state index >= 15 is 0 Å². The number of hydrogen-bond donors (Lipinski definition) is 0. The number of ketones is 2. The summed E-state index contributed by atoms with van der Waals surface area (Å²) in [5, 5.41) is 9.42. The largest absolute Gasteiger partial charge is 0.457 e. The summed E-state index contributed by atoms with van der Waals surface area (Å²) in [5.41, 5.74) is 3.28. The van der Waals surface area contributed by atoms with Gasteiger partial charge in [-0.25, -0.2) is 19.3 Å². The Balaban J connectivity index is 1.08. The first-order valence-electron chi connectivity index (χ1n) is 12.3. The molecule has 6 aromatic rings. The van der Waals surface area contributed by atoms with Crippen molar-refractivity contribution >= 4 is 11.6 Å². The summed E-state index contributed by atoms with van der Waals surface area (Å²) in [6, 6.07) is 15.2. The molecule has 39 heavy (non-hydrogen) atoms. The average Bonchev–Trinajstić information content (AvgIpc) is 3.74. The fourth-order valence-corrected chi connectivity index (χ4v) is 5.10. The first-order chi connectivity index (χ1) is 19.1. The second-order valence-corrected chi connectivity index (χ2v) is 9.38. The lowest BCUT2D eigenvalue weighted by Crippen LogP contribution is -2.18. The van der Waals surface area contributed by atoms with E-state index < -0.39 is 0 Å². The van der Waals surface area contributed by atoms with Crippen LogP contribution in [-0.4, -0.2) is 50.2 Å². The molecular weight excluding hydrogens is 496 g/mol. The Morgan fingerprint density at radius 1 is 0.667 bits per heavy atom. The minimum Gasteiger partial charge on any atom is -0.457 e. The number of imidazole rings is 2. The minimum absolute atomic E-state index is 0.0286. The molecule has 6 heterocycles. The van der Waals surface area contributed by atoms with Crippen molar-refractivity contribution in [1.29, 1.82) is 0 Å². The van der Waals surface area contributed by atoms with Crippen molar-refractivity contribution in [2.24, 2.45) is 0 Å². The van der Waals surface area contributed by atoms with E-state index in [1.165, 1.54) is 0 Å². The molecule has 0 amide bonds. The monoisotopic (exact) mass is 514 g/mol. The standard InChI is InChI=1S/C28H18N8O3/c37-23-11-17-15-35(31-25(17)33-9-7-29-27(23)33)19-3-1-5-21(13-19)39-22-6-2-4-20(14-22)36-16-18-12-24(38)28-30-8-10-34(28)26(18)32-36/h1-10,13-16H,11-12H2. The van der Waals surface area contributed by atoms with Crippen molar-refractivity contribution in [3.8, 4) is 34.5 Å². The molecule has 0 atom stereocenters. The molecule has 0 spiro atoms. The summed E-state index contributed by atoms with van der Waals surface area (Å²) in [5.74, 6) is 3.41. The number of nitrogens with zero attached hydrogens (tertiary/aromatic N) is 8. The van der Waals surface area contributed by atoms with Crippen molar-refractivity contribution in [2.45, 2.75) is 12.8 Å². The maximum atomic E-state index is 12.4. The van der Waals surface area contributed by atoms with Gasteiger partial charge in [-0.2, -0.15) is 0 Å². The maximum Gasteiger partial charge on any atom is 0.203 e. The predicted molar refractivity (Wildman–Crippen MR) is 138 cm³/mol. The highest BCUT2D eigenvalue weighted by molar-refractivity contribution is 5.97. The van der Waals surface area contributed by atoms with E-state index in [0.717, 1.165) is 22.5 Å². The zero-order chi connectivity index (χ0) is 26.1. The van der Waals surface area contributed by atoms with Crippen molar-refractivity contribution in [2.75, 3.05) is 0 Å². The molecule has 0 unspecified atom stereocenters. The third-order valence-electron chi connectivity index (χ3n) is 6.87. The molecule has 2 aliphatic heterocycles. The van der Waals surface area contributed by atoms with Gasteiger partial charge < -0.3 is 4.74 Å². The van der Waals surface area contributed by atoms with Gasteiger partial charge >= 0.3 is 0 Å². The number of carbonyl (C=O) groups is 2. The molecule has 0 aliphatic carbocycles. The highest BCUT2D eigenvalue weighted by Crippen LogP contribution is 2.29. The van der Waals surface area contributed by atoms with Crippen LogP contribution >= 0.6 is 0 Å². The van der Waals surface area contributed by atoms with E-state index in [0.29, 0.717) is 34.8 Å². The number of hydrogen-bond acceptors (Lipinski definition) is 7. The van der Waals surface area contributed by atoms with Crippen molar-refractivity contribution in [3.63, 3.8) is 0 Å². The van der Waals surface area contributed by atoms with Crippen LogP contribution in [0, 0.1) is 0 Å². The summed E-state index contributed by atoms with van der Waals surface area (Å²) in [6.07, 6.45) is 11.0. The smallest absolute Gasteiger partial charge is 0.203 e. The topological polar surface area (TPSA) is 115 Å². The molecular formula is C28H18N8O3. The summed E-state index contributed by atoms with van der Waals surface area (Å²) < 4.78 is 13.1. The summed E-state index contributed by atoms with van der Waals surface area (Å²) in [4.78, 5) is 33.1. The van der Waals surface area contributed by atoms with E-state index in [1.54, 1.807) is 43.3 Å². The lowest BCUT2D eigenvalue weighted by molar-refractivity contribution is 0.0969. The van der Waals surface area contributed by atoms with Gasteiger partial charge in [0, 0.05) is 73.3 Å². The number of rotatable bonds is 4. The molecule has 188 valence electrons. The average molecular weight is 515 g/mol. The molecule has 0 bridgehead atoms. The quantitative estimate of drug-likeness (QED) is 0.352. The van der Waals surface area contributed by atoms with E-state index in [1.807, 2.05) is 60.9 Å². The first-order valence-corrected chi connectivity index (χ1v) is 12.3. The number of benzene rings is 2. The molecule has 8 rings (SSSR count). The van der Waals surface area contributed by atoms with Crippen LogP contribution < -0.4 is 4.74 Å². The third-order valence-corrected chi connectivity index (χ3v) is 6.87. The van der Waals surface area contributed by atoms with Gasteiger partial charge in [0.1, 0.15) is 11.5 Å². The Hall–Kier alpha value is -5.58. The number of carbonyl (C=O) groups excluding carboxylic acids is 2. The van der Waals surface area contributed by atoms with Crippen LogP contribution in [0.25, 0.3) is 23.0 Å². The van der Waals surface area contributed by atoms with Crippen LogP contribution in [0.15, 0.2) is 85.7 Å². The van der Waals surface area contributed by atoms with Crippen LogP contribution in [0.1, 0.15) is 32.4 Å². The molecule has 0 N–H and O–H groups in total. The number of Topliss-reactive ketones (excluding diaryl/α,β-unsaturated/α-hetero) is 2. The molecule has 11 heteroatoms. The normalized spacial score (nSPS) is 13.5. The van der Waals surface area contributed by atoms with Crippen LogP contribution in [0.4, 0.5) is 0 Å². The van der Waals surface area contributed by atoms with Crippen molar-refractivity contribution in [3.05, 3.63) is 108 Å². The number of ether oxygens (including phenoxy) is 1. The van der Waals surface area contributed by atoms with Gasteiger partial charge in [-0.05, 0) is 24.3 Å². The van der Waals surface area contributed by atoms with Gasteiger partial charge in [-0.15, -0.1) is 10.2 Å². The van der Waals surface area contributed by atoms with Gasteiger partial charge in [-0.3, -0.25) is 18.7 Å². The van der Waals surface area contributed by atoms with E-state index in [9.17, 15) is 9.59 Å². The molecule has 4 aromatic heterocycles. The second kappa shape index (κ2) is 7.96. The Labute approximate surface area is 220 Å². The fourth-order valence-electron chi connectivity index (χ4n) is 5.10. The van der Waals surface area contributed by atoms with Crippen LogP contribution in [0.3, 0.4) is 0 Å². The molecule has 0 saturated heterocycles. The van der Waals surface area contributed by atoms with E-state index in [-0.39, 0.29) is 24.4 Å². The fraction of sp³-hybridized carbons (Fsp3) is 0.0714. The lowest BCUT2D eigenvalue weighted by Gasteiger charge is -2.11. The lowest BCUT2D eigenvalue weighted by atomic mass is 10.1. The van der Waals surface area contributed by atoms with Crippen LogP contribution in [-0.2, 0) is 12.8 Å². The Morgan fingerprint density at radius 2 is 1.15 bits per heavy atom. The molecule has 11 nitrogen and oxygen atoms in total. The van der Waals surface area contributed by atoms with E-state index in [2.05, 4.69) is 9.97 Å². The summed E-state index contributed by atoms with van der Waals surface area (Å²) in [7, 11) is 0. The first kappa shape index (κ1) is 21.5. The van der Waals surface area contributed by atoms with Crippen molar-refractivity contribution in [1.82, 2.24) is 38.7 Å². The Morgan fingerprint density at radius 3 is 1.64 bits per heavy atom. The van der Waals surface area contributed by atoms with Crippen molar-refractivity contribution < 1.29 is 14.3 Å². The molecule has 2 aliphatic rings. The molecule has 0 fully saturated rings. The van der Waals surface area contributed by atoms with Gasteiger partial charge in [0.2, 0.25) is 11.6 Å². The summed E-state index contributed by atoms with van der Waals surface area (Å²) >= 11 is 0. The number of fused-ring (bicyclic) bond motifs is 6. The Bertz CT molecular complexity index is 1820. The summed E-state index contributed by atoms with van der Waals surface area (Å²) in [6.45, 7) is 0. The van der Waals surface area contributed by atoms with E-state index in [4.69, 9.17) is 14.9 Å². The zero-order valence-electron chi connectivity index (χ0n) is 20.3. The minimum atomic E-state index is -0.0286. The Kier molecular flexibility index (Phi) is 4.39. The number of aromatic nitrogens is 8. The van der Waals surface area contributed by atoms with Gasteiger partial charge in [0.25, 0.3) is 0 Å². The maximum absolute atomic E-state index is 12.4. The predicted octanol–water partition coefficient (Wildman–Crippen LogP) is 3.70. The zero-order valence-corrected chi connectivity index (χ0v) is 20.3. The molecule has 0 radical (unpaired) electrons. The van der Waals surface area contributed by atoms with Gasteiger partial charge in [0.05, 0.1) is 11.4 Å². The highest BCUT2D eigenvalue weighted by Gasteiger charge is 2.27. The van der Waals surface area contributed by atoms with Gasteiger partial charge in [-0.1, -0.05) is 12.1 Å². The van der Waals surface area contributed by atoms with Crippen LogP contribution in [0.5, 0.6) is 11.5 Å². The second-order valence-electron chi connectivity index (χ2n) is 9.38. The highest BCUT2D eigenvalue weighted by atomic mass is 16.5. The van der Waals surface area contributed by atoms with Gasteiger partial charge in [0.15, 0.2) is 23.3 Å².